The van der Waals surface area contributed by atoms with Gasteiger partial charge >= 0.3 is 0 Å². The van der Waals surface area contributed by atoms with Crippen molar-refractivity contribution in [3.8, 4) is 0 Å². The first-order valence-corrected chi connectivity index (χ1v) is 5.90. The second-order valence-corrected chi connectivity index (χ2v) is 4.36. The van der Waals surface area contributed by atoms with Crippen molar-refractivity contribution < 1.29 is 14.3 Å². The maximum atomic E-state index is 11.4. The van der Waals surface area contributed by atoms with Crippen LogP contribution in [0, 0.1) is 0 Å². The van der Waals surface area contributed by atoms with Crippen LogP contribution in [0.2, 0.25) is 0 Å². The van der Waals surface area contributed by atoms with Gasteiger partial charge in [-0.15, -0.1) is 0 Å². The highest BCUT2D eigenvalue weighted by Gasteiger charge is 2.20. The first kappa shape index (κ1) is 13.9. The molecular formula is C11H21N3O3. The summed E-state index contributed by atoms with van der Waals surface area (Å²) >= 11 is 0. The Morgan fingerprint density at radius 2 is 2.41 bits per heavy atom. The van der Waals surface area contributed by atoms with Crippen LogP contribution in [0.15, 0.2) is 0 Å². The van der Waals surface area contributed by atoms with Crippen LogP contribution in [0.4, 0.5) is 0 Å². The van der Waals surface area contributed by atoms with Crippen LogP contribution in [0.1, 0.15) is 19.8 Å². The summed E-state index contributed by atoms with van der Waals surface area (Å²) in [6, 6.07) is 0.173. The van der Waals surface area contributed by atoms with Gasteiger partial charge in [-0.3, -0.25) is 9.59 Å². The van der Waals surface area contributed by atoms with E-state index in [1.54, 1.807) is 7.11 Å². The minimum atomic E-state index is -0.0566. The minimum Gasteiger partial charge on any atom is -0.383 e. The smallest absolute Gasteiger partial charge is 0.234 e. The lowest BCUT2D eigenvalue weighted by Gasteiger charge is -2.14. The van der Waals surface area contributed by atoms with E-state index in [1.165, 1.54) is 0 Å². The Labute approximate surface area is 101 Å². The lowest BCUT2D eigenvalue weighted by Crippen LogP contribution is -2.44. The quantitative estimate of drug-likeness (QED) is 0.536. The molecule has 0 aromatic carbocycles. The summed E-state index contributed by atoms with van der Waals surface area (Å²) < 4.78 is 4.92. The third-order valence-corrected chi connectivity index (χ3v) is 2.59. The van der Waals surface area contributed by atoms with Gasteiger partial charge in [-0.25, -0.2) is 0 Å². The van der Waals surface area contributed by atoms with Gasteiger partial charge in [-0.2, -0.15) is 0 Å². The number of nitrogens with one attached hydrogen (secondary N) is 3. The van der Waals surface area contributed by atoms with Crippen LogP contribution in [-0.4, -0.2) is 50.7 Å². The van der Waals surface area contributed by atoms with Gasteiger partial charge in [0.15, 0.2) is 0 Å². The molecule has 1 saturated heterocycles. The predicted molar refractivity (Wildman–Crippen MR) is 63.5 cm³/mol. The van der Waals surface area contributed by atoms with E-state index < -0.39 is 0 Å². The second-order valence-electron chi connectivity index (χ2n) is 4.36. The van der Waals surface area contributed by atoms with Gasteiger partial charge in [0.1, 0.15) is 0 Å². The van der Waals surface area contributed by atoms with E-state index in [1.807, 2.05) is 6.92 Å². The number of ether oxygens (including phenoxy) is 1. The molecule has 3 N–H and O–H groups in total. The van der Waals surface area contributed by atoms with Crippen LogP contribution >= 0.6 is 0 Å². The zero-order chi connectivity index (χ0) is 12.7. The summed E-state index contributed by atoms with van der Waals surface area (Å²) in [5, 5.41) is 8.66. The number of methoxy groups -OCH3 is 1. The van der Waals surface area contributed by atoms with Crippen LogP contribution in [0.25, 0.3) is 0 Å². The van der Waals surface area contributed by atoms with Crippen LogP contribution < -0.4 is 16.0 Å². The maximum absolute atomic E-state index is 11.4. The molecule has 0 radical (unpaired) electrons. The third-order valence-electron chi connectivity index (χ3n) is 2.59. The summed E-state index contributed by atoms with van der Waals surface area (Å²) in [6.07, 6.45) is 1.43. The molecule has 0 bridgehead atoms. The van der Waals surface area contributed by atoms with E-state index >= 15 is 0 Å². The molecule has 17 heavy (non-hydrogen) atoms. The van der Waals surface area contributed by atoms with Gasteiger partial charge in [0.2, 0.25) is 11.8 Å². The molecule has 6 heteroatoms. The lowest BCUT2D eigenvalue weighted by atomic mass is 10.2. The highest BCUT2D eigenvalue weighted by Crippen LogP contribution is 2.04. The molecule has 0 aromatic rings. The molecule has 98 valence electrons. The van der Waals surface area contributed by atoms with Gasteiger partial charge in [0, 0.05) is 32.2 Å². The largest absolute Gasteiger partial charge is 0.383 e. The molecule has 0 aromatic heterocycles. The summed E-state index contributed by atoms with van der Waals surface area (Å²) in [4.78, 5) is 22.4. The molecule has 1 aliphatic heterocycles. The zero-order valence-electron chi connectivity index (χ0n) is 10.4. The monoisotopic (exact) mass is 243 g/mol. The van der Waals surface area contributed by atoms with Crippen molar-refractivity contribution in [2.45, 2.75) is 31.8 Å². The van der Waals surface area contributed by atoms with Crippen molar-refractivity contribution in [3.63, 3.8) is 0 Å². The standard InChI is InChI=1S/C11H21N3O3/c1-8(7-17-2)13-11(16)6-12-5-9-3-4-10(15)14-9/h8-9,12H,3-7H2,1-2H3,(H,13,16)(H,14,15). The van der Waals surface area contributed by atoms with E-state index in [0.717, 1.165) is 6.42 Å². The number of carbonyl (C=O) groups is 2. The normalized spacial score (nSPS) is 21.1. The lowest BCUT2D eigenvalue weighted by molar-refractivity contribution is -0.121. The van der Waals surface area contributed by atoms with E-state index in [0.29, 0.717) is 19.6 Å². The SMILES string of the molecule is COCC(C)NC(=O)CNCC1CCC(=O)N1. The number of amides is 2. The summed E-state index contributed by atoms with van der Waals surface area (Å²) in [5.41, 5.74) is 0. The predicted octanol–water partition coefficient (Wildman–Crippen LogP) is -0.994. The fraction of sp³-hybridized carbons (Fsp3) is 0.818. The average Bonchev–Trinajstić information content (AvgIpc) is 2.64. The fourth-order valence-electron chi connectivity index (χ4n) is 1.81. The molecule has 2 amide bonds. The van der Waals surface area contributed by atoms with Crippen molar-refractivity contribution >= 4 is 11.8 Å². The zero-order valence-corrected chi connectivity index (χ0v) is 10.4. The van der Waals surface area contributed by atoms with Crippen molar-refractivity contribution in [1.29, 1.82) is 0 Å². The van der Waals surface area contributed by atoms with Crippen molar-refractivity contribution in [1.82, 2.24) is 16.0 Å². The van der Waals surface area contributed by atoms with Crippen LogP contribution in [0.5, 0.6) is 0 Å². The molecular weight excluding hydrogens is 222 g/mol. The maximum Gasteiger partial charge on any atom is 0.234 e. The Bertz CT molecular complexity index is 271. The Hall–Kier alpha value is -1.14. The molecule has 0 spiro atoms. The molecule has 1 aliphatic rings. The fourth-order valence-corrected chi connectivity index (χ4v) is 1.81. The Balaban J connectivity index is 2.05. The summed E-state index contributed by atoms with van der Waals surface area (Å²) in [6.45, 7) is 3.29. The molecule has 2 atom stereocenters. The van der Waals surface area contributed by atoms with Gasteiger partial charge in [-0.1, -0.05) is 0 Å². The van der Waals surface area contributed by atoms with Crippen LogP contribution in [-0.2, 0) is 14.3 Å². The molecule has 6 nitrogen and oxygen atoms in total. The molecule has 0 saturated carbocycles. The molecule has 0 aliphatic carbocycles. The van der Waals surface area contributed by atoms with E-state index in [9.17, 15) is 9.59 Å². The highest BCUT2D eigenvalue weighted by atomic mass is 16.5. The highest BCUT2D eigenvalue weighted by molar-refractivity contribution is 5.79. The number of hydrogen-bond acceptors (Lipinski definition) is 4. The van der Waals surface area contributed by atoms with E-state index in [4.69, 9.17) is 4.74 Å². The molecule has 1 heterocycles. The first-order chi connectivity index (χ1) is 8.11. The number of carbonyl (C=O) groups excluding carboxylic acids is 2. The number of hydrogen-bond donors (Lipinski definition) is 3. The van der Waals surface area contributed by atoms with Crippen molar-refractivity contribution in [2.24, 2.45) is 0 Å². The molecule has 2 unspecified atom stereocenters. The minimum absolute atomic E-state index is 0.0143. The molecule has 1 fully saturated rings. The van der Waals surface area contributed by atoms with Gasteiger partial charge in [-0.05, 0) is 13.3 Å². The van der Waals surface area contributed by atoms with Crippen LogP contribution in [0.3, 0.4) is 0 Å². The topological polar surface area (TPSA) is 79.5 Å². The van der Waals surface area contributed by atoms with E-state index in [-0.39, 0.29) is 30.4 Å². The molecule has 1 rings (SSSR count). The van der Waals surface area contributed by atoms with Crippen molar-refractivity contribution in [3.05, 3.63) is 0 Å². The summed E-state index contributed by atoms with van der Waals surface area (Å²) in [7, 11) is 1.60. The first-order valence-electron chi connectivity index (χ1n) is 5.90. The Morgan fingerprint density at radius 3 is 3.00 bits per heavy atom. The summed E-state index contributed by atoms with van der Waals surface area (Å²) in [5.74, 6) is 0.0360. The second kappa shape index (κ2) is 7.24. The third kappa shape index (κ3) is 5.65. The Morgan fingerprint density at radius 1 is 1.65 bits per heavy atom. The average molecular weight is 243 g/mol. The van der Waals surface area contributed by atoms with Gasteiger partial charge < -0.3 is 20.7 Å². The van der Waals surface area contributed by atoms with E-state index in [2.05, 4.69) is 16.0 Å². The number of rotatable bonds is 7. The Kier molecular flexibility index (Phi) is 5.93. The van der Waals surface area contributed by atoms with Gasteiger partial charge in [0.25, 0.3) is 0 Å². The van der Waals surface area contributed by atoms with Crippen molar-refractivity contribution in [2.75, 3.05) is 26.8 Å². The van der Waals surface area contributed by atoms with Gasteiger partial charge in [0.05, 0.1) is 13.2 Å².